The van der Waals surface area contributed by atoms with E-state index in [-0.39, 0.29) is 23.7 Å². The van der Waals surface area contributed by atoms with Gasteiger partial charge in [-0.2, -0.15) is 0 Å². The van der Waals surface area contributed by atoms with Gasteiger partial charge in [-0.3, -0.25) is 9.59 Å². The van der Waals surface area contributed by atoms with Crippen LogP contribution in [0.15, 0.2) is 18.2 Å². The normalized spacial score (nSPS) is 23.3. The molecule has 4 nitrogen and oxygen atoms in total. The summed E-state index contributed by atoms with van der Waals surface area (Å²) in [5, 5.41) is 2.88. The van der Waals surface area contributed by atoms with Gasteiger partial charge in [-0.05, 0) is 35.4 Å². The smallest absolute Gasteiger partial charge is 0.311 e. The van der Waals surface area contributed by atoms with E-state index in [1.165, 1.54) is 0 Å². The summed E-state index contributed by atoms with van der Waals surface area (Å²) >= 11 is 0. The quantitative estimate of drug-likeness (QED) is 0.633. The molecule has 1 aromatic carbocycles. The second-order valence-corrected chi connectivity index (χ2v) is 6.30. The third-order valence-electron chi connectivity index (χ3n) is 4.14. The highest BCUT2D eigenvalue weighted by Gasteiger charge is 2.23. The van der Waals surface area contributed by atoms with Crippen LogP contribution < -0.4 is 10.1 Å². The fourth-order valence-electron chi connectivity index (χ4n) is 2.42. The Morgan fingerprint density at radius 2 is 1.81 bits per heavy atom. The second kappa shape index (κ2) is 6.29. The number of carbonyl (C=O) groups is 2. The monoisotopic (exact) mass is 289 g/mol. The number of esters is 1. The number of hydrogen-bond donors (Lipinski definition) is 1. The molecule has 114 valence electrons. The fraction of sp³-hybridized carbons (Fsp3) is 0.529. The average Bonchev–Trinajstić information content (AvgIpc) is 2.39. The number of ether oxygens (including phenoxy) is 1. The predicted molar refractivity (Wildman–Crippen MR) is 82.4 cm³/mol. The van der Waals surface area contributed by atoms with Gasteiger partial charge in [0.25, 0.3) is 0 Å². The van der Waals surface area contributed by atoms with E-state index in [4.69, 9.17) is 4.74 Å². The van der Waals surface area contributed by atoms with Gasteiger partial charge in [-0.15, -0.1) is 0 Å². The molecule has 1 N–H and O–H groups in total. The van der Waals surface area contributed by atoms with Crippen LogP contribution in [-0.2, 0) is 9.59 Å². The molecule has 2 atom stereocenters. The lowest BCUT2D eigenvalue weighted by molar-refractivity contribution is -0.136. The minimum atomic E-state index is -0.246. The average molecular weight is 289 g/mol. The lowest BCUT2D eigenvalue weighted by atomic mass is 9.89. The molecule has 1 amide bonds. The van der Waals surface area contributed by atoms with Gasteiger partial charge >= 0.3 is 5.97 Å². The van der Waals surface area contributed by atoms with Gasteiger partial charge < -0.3 is 10.1 Å². The Balaban J connectivity index is 2.36. The van der Waals surface area contributed by atoms with Crippen LogP contribution in [-0.4, -0.2) is 11.9 Å². The van der Waals surface area contributed by atoms with Crippen molar-refractivity contribution in [2.45, 2.75) is 46.5 Å². The highest BCUT2D eigenvalue weighted by Crippen LogP contribution is 2.31. The zero-order valence-corrected chi connectivity index (χ0v) is 13.1. The molecule has 1 aromatic rings. The Labute approximate surface area is 125 Å². The zero-order chi connectivity index (χ0) is 15.6. The fourth-order valence-corrected chi connectivity index (χ4v) is 2.42. The molecular formula is C17H23NO3. The number of rotatable bonds is 1. The van der Waals surface area contributed by atoms with E-state index in [1.54, 1.807) is 6.07 Å². The van der Waals surface area contributed by atoms with Crippen molar-refractivity contribution in [1.29, 1.82) is 0 Å². The Morgan fingerprint density at radius 1 is 1.14 bits per heavy atom. The molecule has 0 aromatic heterocycles. The van der Waals surface area contributed by atoms with Crippen LogP contribution in [0.5, 0.6) is 5.75 Å². The highest BCUT2D eigenvalue weighted by molar-refractivity contribution is 5.93. The summed E-state index contributed by atoms with van der Waals surface area (Å²) in [7, 11) is 0. The van der Waals surface area contributed by atoms with Gasteiger partial charge in [0.15, 0.2) is 5.75 Å². The van der Waals surface area contributed by atoms with Crippen molar-refractivity contribution in [3.8, 4) is 5.75 Å². The van der Waals surface area contributed by atoms with E-state index in [9.17, 15) is 9.59 Å². The molecule has 2 rings (SSSR count). The second-order valence-electron chi connectivity index (χ2n) is 6.30. The minimum absolute atomic E-state index is 0.0329. The Kier molecular flexibility index (Phi) is 4.66. The van der Waals surface area contributed by atoms with Gasteiger partial charge in [-0.25, -0.2) is 0 Å². The number of benzene rings is 1. The molecule has 0 aliphatic carbocycles. The maximum Gasteiger partial charge on any atom is 0.311 e. The van der Waals surface area contributed by atoms with Gasteiger partial charge in [0, 0.05) is 12.8 Å². The molecule has 0 radical (unpaired) electrons. The molecule has 21 heavy (non-hydrogen) atoms. The minimum Gasteiger partial charge on any atom is -0.424 e. The summed E-state index contributed by atoms with van der Waals surface area (Å²) in [6.45, 7) is 8.13. The van der Waals surface area contributed by atoms with Crippen molar-refractivity contribution in [3.05, 3.63) is 23.8 Å². The lowest BCUT2D eigenvalue weighted by Crippen LogP contribution is -2.24. The van der Waals surface area contributed by atoms with Crippen LogP contribution in [0.1, 0.15) is 52.0 Å². The first-order chi connectivity index (χ1) is 9.86. The summed E-state index contributed by atoms with van der Waals surface area (Å²) < 4.78 is 5.42. The van der Waals surface area contributed by atoms with E-state index >= 15 is 0 Å². The molecule has 1 heterocycles. The number of hydrogen-bond acceptors (Lipinski definition) is 3. The Hall–Kier alpha value is -1.84. The van der Waals surface area contributed by atoms with Gasteiger partial charge in [0.2, 0.25) is 5.91 Å². The standard InChI is InChI=1S/C17H23NO3/c1-10(2)13-5-6-15-14(9-13)18-16(19)7-11(3)12(4)8-17(20)21-15/h5-6,9-12H,7-8H2,1-4H3,(H,18,19). The molecule has 2 unspecified atom stereocenters. The molecule has 0 saturated heterocycles. The third-order valence-corrected chi connectivity index (χ3v) is 4.14. The van der Waals surface area contributed by atoms with Crippen LogP contribution in [0.3, 0.4) is 0 Å². The van der Waals surface area contributed by atoms with Crippen LogP contribution in [0, 0.1) is 11.8 Å². The van der Waals surface area contributed by atoms with Crippen LogP contribution in [0.25, 0.3) is 0 Å². The third kappa shape index (κ3) is 3.84. The molecule has 1 aliphatic rings. The molecule has 0 spiro atoms. The first-order valence-electron chi connectivity index (χ1n) is 7.51. The summed E-state index contributed by atoms with van der Waals surface area (Å²) in [5.74, 6) is 0.766. The molecular weight excluding hydrogens is 266 g/mol. The number of nitrogens with one attached hydrogen (secondary N) is 1. The van der Waals surface area contributed by atoms with Crippen molar-refractivity contribution < 1.29 is 14.3 Å². The maximum atomic E-state index is 12.1. The Bertz CT molecular complexity index is 551. The summed E-state index contributed by atoms with van der Waals surface area (Å²) in [6, 6.07) is 5.58. The van der Waals surface area contributed by atoms with Crippen molar-refractivity contribution in [3.63, 3.8) is 0 Å². The van der Waals surface area contributed by atoms with Crippen molar-refractivity contribution in [2.75, 3.05) is 5.32 Å². The molecule has 0 fully saturated rings. The van der Waals surface area contributed by atoms with E-state index in [2.05, 4.69) is 19.2 Å². The van der Waals surface area contributed by atoms with Gasteiger partial charge in [-0.1, -0.05) is 33.8 Å². The predicted octanol–water partition coefficient (Wildman–Crippen LogP) is 3.72. The summed E-state index contributed by atoms with van der Waals surface area (Å²) in [4.78, 5) is 24.1. The molecule has 1 aliphatic heterocycles. The number of carbonyl (C=O) groups excluding carboxylic acids is 2. The first kappa shape index (κ1) is 15.5. The van der Waals surface area contributed by atoms with Crippen LogP contribution in [0.4, 0.5) is 5.69 Å². The van der Waals surface area contributed by atoms with Gasteiger partial charge in [0.05, 0.1) is 5.69 Å². The van der Waals surface area contributed by atoms with E-state index < -0.39 is 0 Å². The maximum absolute atomic E-state index is 12.1. The first-order valence-corrected chi connectivity index (χ1v) is 7.51. The topological polar surface area (TPSA) is 55.4 Å². The molecule has 0 bridgehead atoms. The van der Waals surface area contributed by atoms with E-state index in [1.807, 2.05) is 26.0 Å². The highest BCUT2D eigenvalue weighted by atomic mass is 16.5. The van der Waals surface area contributed by atoms with Crippen molar-refractivity contribution in [1.82, 2.24) is 0 Å². The number of amides is 1. The number of anilines is 1. The molecule has 4 heteroatoms. The Morgan fingerprint density at radius 3 is 2.48 bits per heavy atom. The zero-order valence-electron chi connectivity index (χ0n) is 13.1. The SMILES string of the molecule is CC(C)c1ccc2c(c1)NC(=O)CC(C)C(C)CC(=O)O2. The summed E-state index contributed by atoms with van der Waals surface area (Å²) in [5.41, 5.74) is 1.69. The molecule has 0 saturated carbocycles. The van der Waals surface area contributed by atoms with Gasteiger partial charge in [0.1, 0.15) is 0 Å². The largest absolute Gasteiger partial charge is 0.424 e. The summed E-state index contributed by atoms with van der Waals surface area (Å²) in [6.07, 6.45) is 0.750. The van der Waals surface area contributed by atoms with E-state index in [0.717, 1.165) is 5.56 Å². The van der Waals surface area contributed by atoms with Crippen molar-refractivity contribution in [2.24, 2.45) is 11.8 Å². The lowest BCUT2D eigenvalue weighted by Gasteiger charge is -2.22. The van der Waals surface area contributed by atoms with Crippen molar-refractivity contribution >= 4 is 17.6 Å². The van der Waals surface area contributed by atoms with E-state index in [0.29, 0.717) is 30.2 Å². The van der Waals surface area contributed by atoms with Crippen LogP contribution >= 0.6 is 0 Å². The number of fused-ring (bicyclic) bond motifs is 1. The van der Waals surface area contributed by atoms with Crippen LogP contribution in [0.2, 0.25) is 0 Å².